The van der Waals surface area contributed by atoms with E-state index < -0.39 is 0 Å². The van der Waals surface area contributed by atoms with Crippen LogP contribution in [-0.2, 0) is 9.53 Å². The largest absolute Gasteiger partial charge is 0.482 e. The first kappa shape index (κ1) is 20.6. The molecule has 0 N–H and O–H groups in total. The van der Waals surface area contributed by atoms with E-state index in [-0.39, 0.29) is 18.3 Å². The number of fused-ring (bicyclic) bond motifs is 3. The predicted octanol–water partition coefficient (Wildman–Crippen LogP) is 4.00. The number of anilines is 1. The van der Waals surface area contributed by atoms with Gasteiger partial charge in [-0.3, -0.25) is 9.69 Å². The quantitative estimate of drug-likeness (QED) is 0.614. The highest BCUT2D eigenvalue weighted by Crippen LogP contribution is 2.38. The van der Waals surface area contributed by atoms with Crippen molar-refractivity contribution in [1.29, 1.82) is 0 Å². The fourth-order valence-corrected chi connectivity index (χ4v) is 5.16. The van der Waals surface area contributed by atoms with Crippen LogP contribution in [0.15, 0.2) is 18.2 Å². The third kappa shape index (κ3) is 4.58. The van der Waals surface area contributed by atoms with E-state index in [9.17, 15) is 9.18 Å². The first-order valence-electron chi connectivity index (χ1n) is 11.1. The summed E-state index contributed by atoms with van der Waals surface area (Å²) in [6.07, 6.45) is 7.46. The Morgan fingerprint density at radius 3 is 2.72 bits per heavy atom. The van der Waals surface area contributed by atoms with Crippen LogP contribution in [0.4, 0.5) is 10.1 Å². The second-order valence-corrected chi connectivity index (χ2v) is 8.91. The normalized spacial score (nSPS) is 27.6. The predicted molar refractivity (Wildman–Crippen MR) is 111 cm³/mol. The minimum Gasteiger partial charge on any atom is -0.482 e. The maximum Gasteiger partial charge on any atom is 0.265 e. The van der Waals surface area contributed by atoms with Crippen molar-refractivity contribution in [3.05, 3.63) is 24.0 Å². The van der Waals surface area contributed by atoms with Gasteiger partial charge in [0.15, 0.2) is 6.61 Å². The van der Waals surface area contributed by atoms with Crippen molar-refractivity contribution < 1.29 is 18.7 Å². The third-order valence-electron chi connectivity index (χ3n) is 6.57. The minimum atomic E-state index is -0.345. The van der Waals surface area contributed by atoms with Crippen LogP contribution in [-0.4, -0.2) is 55.3 Å². The van der Waals surface area contributed by atoms with Crippen LogP contribution >= 0.6 is 0 Å². The van der Waals surface area contributed by atoms with Gasteiger partial charge < -0.3 is 14.4 Å². The Hall–Kier alpha value is -1.66. The van der Waals surface area contributed by atoms with Gasteiger partial charge in [0.25, 0.3) is 5.91 Å². The number of rotatable bonds is 8. The highest BCUT2D eigenvalue weighted by Gasteiger charge is 2.41. The molecule has 4 rings (SSSR count). The van der Waals surface area contributed by atoms with E-state index in [2.05, 4.69) is 18.7 Å². The number of amides is 1. The number of carbonyl (C=O) groups is 1. The van der Waals surface area contributed by atoms with Crippen molar-refractivity contribution >= 4 is 11.6 Å². The molecule has 2 fully saturated rings. The summed E-state index contributed by atoms with van der Waals surface area (Å²) < 4.78 is 25.3. The molecule has 0 radical (unpaired) electrons. The maximum atomic E-state index is 13.8. The van der Waals surface area contributed by atoms with Gasteiger partial charge in [-0.25, -0.2) is 4.39 Å². The molecule has 3 atom stereocenters. The first-order chi connectivity index (χ1) is 14.0. The van der Waals surface area contributed by atoms with Crippen LogP contribution in [0.1, 0.15) is 52.4 Å². The standard InChI is InChI=1S/C23H33FN2O3/c1-3-4-9-28-20-11-18-6-7-19(12-20)25(18)13-16(2)14-26-21-10-17(24)5-8-22(21)29-15-23(26)27/h5,8,10,16,18-20H,3-4,6-7,9,11-15H2,1-2H3. The zero-order valence-corrected chi connectivity index (χ0v) is 17.6. The molecule has 6 heteroatoms. The SMILES string of the molecule is CCCCOC1CC2CCC(C1)N2CC(C)CN1C(=O)COc2ccc(F)cc21. The Bertz CT molecular complexity index is 714. The number of nitrogens with zero attached hydrogens (tertiary/aromatic N) is 2. The number of benzene rings is 1. The number of ether oxygens (including phenoxy) is 2. The summed E-state index contributed by atoms with van der Waals surface area (Å²) in [5.41, 5.74) is 0.555. The fourth-order valence-electron chi connectivity index (χ4n) is 5.16. The molecular weight excluding hydrogens is 371 g/mol. The Kier molecular flexibility index (Phi) is 6.40. The molecule has 2 bridgehead atoms. The Morgan fingerprint density at radius 1 is 1.24 bits per heavy atom. The topological polar surface area (TPSA) is 42.0 Å². The molecule has 29 heavy (non-hydrogen) atoms. The lowest BCUT2D eigenvalue weighted by Crippen LogP contribution is -2.49. The molecule has 3 aliphatic rings. The summed E-state index contributed by atoms with van der Waals surface area (Å²) in [6.45, 7) is 6.84. The molecule has 160 valence electrons. The van der Waals surface area contributed by atoms with E-state index in [0.29, 0.717) is 42.1 Å². The van der Waals surface area contributed by atoms with Gasteiger partial charge in [0.1, 0.15) is 11.6 Å². The van der Waals surface area contributed by atoms with Crippen LogP contribution in [0, 0.1) is 11.7 Å². The molecule has 3 unspecified atom stereocenters. The molecule has 0 aliphatic carbocycles. The molecule has 1 amide bonds. The van der Waals surface area contributed by atoms with Gasteiger partial charge in [0.2, 0.25) is 0 Å². The van der Waals surface area contributed by atoms with Crippen molar-refractivity contribution in [3.63, 3.8) is 0 Å². The number of piperidine rings is 1. The van der Waals surface area contributed by atoms with Crippen LogP contribution in [0.5, 0.6) is 5.75 Å². The number of carbonyl (C=O) groups excluding carboxylic acids is 1. The van der Waals surface area contributed by atoms with Crippen molar-refractivity contribution in [2.75, 3.05) is 31.2 Å². The summed E-state index contributed by atoms with van der Waals surface area (Å²) in [7, 11) is 0. The number of hydrogen-bond acceptors (Lipinski definition) is 4. The lowest BCUT2D eigenvalue weighted by molar-refractivity contribution is -0.121. The van der Waals surface area contributed by atoms with Crippen LogP contribution in [0.25, 0.3) is 0 Å². The molecule has 3 heterocycles. The van der Waals surface area contributed by atoms with Crippen LogP contribution < -0.4 is 9.64 Å². The van der Waals surface area contributed by atoms with Gasteiger partial charge in [0.05, 0.1) is 11.8 Å². The molecule has 0 aromatic heterocycles. The molecular formula is C23H33FN2O3. The molecule has 0 saturated carbocycles. The van der Waals surface area contributed by atoms with Gasteiger partial charge in [-0.05, 0) is 50.2 Å². The third-order valence-corrected chi connectivity index (χ3v) is 6.57. The van der Waals surface area contributed by atoms with E-state index >= 15 is 0 Å². The zero-order chi connectivity index (χ0) is 20.4. The van der Waals surface area contributed by atoms with Crippen LogP contribution in [0.2, 0.25) is 0 Å². The molecule has 0 spiro atoms. The second kappa shape index (κ2) is 9.00. The highest BCUT2D eigenvalue weighted by atomic mass is 19.1. The van der Waals surface area contributed by atoms with Gasteiger partial charge in [0, 0.05) is 37.8 Å². The Morgan fingerprint density at radius 2 is 2.00 bits per heavy atom. The average molecular weight is 405 g/mol. The molecule has 1 aromatic carbocycles. The van der Waals surface area contributed by atoms with Gasteiger partial charge in [-0.2, -0.15) is 0 Å². The maximum absolute atomic E-state index is 13.8. The molecule has 5 nitrogen and oxygen atoms in total. The molecule has 1 aromatic rings. The number of hydrogen-bond donors (Lipinski definition) is 0. The van der Waals surface area contributed by atoms with Gasteiger partial charge in [-0.15, -0.1) is 0 Å². The van der Waals surface area contributed by atoms with Gasteiger partial charge in [-0.1, -0.05) is 20.3 Å². The van der Waals surface area contributed by atoms with Crippen molar-refractivity contribution in [3.8, 4) is 5.75 Å². The Labute approximate surface area is 173 Å². The van der Waals surface area contributed by atoms with E-state index in [1.54, 1.807) is 11.0 Å². The zero-order valence-electron chi connectivity index (χ0n) is 17.6. The second-order valence-electron chi connectivity index (χ2n) is 8.91. The summed E-state index contributed by atoms with van der Waals surface area (Å²) in [5, 5.41) is 0. The van der Waals surface area contributed by atoms with Crippen molar-refractivity contribution in [2.24, 2.45) is 5.92 Å². The van der Waals surface area contributed by atoms with Gasteiger partial charge >= 0.3 is 0 Å². The van der Waals surface area contributed by atoms with E-state index in [1.165, 1.54) is 31.4 Å². The lowest BCUT2D eigenvalue weighted by Gasteiger charge is -2.41. The molecule has 3 aliphatic heterocycles. The van der Waals surface area contributed by atoms with Crippen molar-refractivity contribution in [2.45, 2.75) is 70.6 Å². The summed E-state index contributed by atoms with van der Waals surface area (Å²) in [4.78, 5) is 16.8. The fraction of sp³-hybridized carbons (Fsp3) is 0.696. The molecule has 2 saturated heterocycles. The lowest BCUT2D eigenvalue weighted by atomic mass is 9.97. The Balaban J connectivity index is 1.36. The average Bonchev–Trinajstić information content (AvgIpc) is 2.92. The number of halogens is 1. The van der Waals surface area contributed by atoms with Crippen molar-refractivity contribution in [1.82, 2.24) is 4.90 Å². The monoisotopic (exact) mass is 404 g/mol. The van der Waals surface area contributed by atoms with E-state index in [4.69, 9.17) is 9.47 Å². The van der Waals surface area contributed by atoms with E-state index in [0.717, 1.165) is 32.4 Å². The highest BCUT2D eigenvalue weighted by molar-refractivity contribution is 5.97. The van der Waals surface area contributed by atoms with E-state index in [1.807, 2.05) is 0 Å². The minimum absolute atomic E-state index is 0.0249. The summed E-state index contributed by atoms with van der Waals surface area (Å²) in [5.74, 6) is 0.445. The smallest absolute Gasteiger partial charge is 0.265 e. The first-order valence-corrected chi connectivity index (χ1v) is 11.1. The summed E-state index contributed by atoms with van der Waals surface area (Å²) in [6, 6.07) is 5.57. The number of unbranched alkanes of at least 4 members (excludes halogenated alkanes) is 1. The van der Waals surface area contributed by atoms with Crippen LogP contribution in [0.3, 0.4) is 0 Å². The summed E-state index contributed by atoms with van der Waals surface area (Å²) >= 11 is 0.